The van der Waals surface area contributed by atoms with Crippen LogP contribution in [0, 0.1) is 0 Å². The maximum atomic E-state index is 10.6. The number of nitrogens with zero attached hydrogens (tertiary/aromatic N) is 1. The molecular weight excluding hydrogens is 226 g/mol. The van der Waals surface area contributed by atoms with Gasteiger partial charge in [0, 0.05) is 0 Å². The number of hydrogen-bond acceptors (Lipinski definition) is 3. The molecule has 5 heteroatoms. The predicted octanol–water partition coefficient (Wildman–Crippen LogP) is 1.11. The summed E-state index contributed by atoms with van der Waals surface area (Å²) >= 11 is 3.17. The highest BCUT2D eigenvalue weighted by Gasteiger charge is 2.25. The van der Waals surface area contributed by atoms with Gasteiger partial charge in [-0.15, -0.1) is 0 Å². The molecule has 12 heavy (non-hydrogen) atoms. The third kappa shape index (κ3) is 1.67. The van der Waals surface area contributed by atoms with Crippen LogP contribution in [0.4, 0.5) is 0 Å². The van der Waals surface area contributed by atoms with Gasteiger partial charge in [0.1, 0.15) is 4.61 Å². The predicted molar refractivity (Wildman–Crippen MR) is 46.4 cm³/mol. The molecule has 0 aromatic carbocycles. The fourth-order valence-electron chi connectivity index (χ4n) is 0.908. The van der Waals surface area contributed by atoms with Gasteiger partial charge in [0.15, 0.2) is 6.04 Å². The Hall–Kier alpha value is -0.810. The molecule has 0 saturated carbocycles. The van der Waals surface area contributed by atoms with Gasteiger partial charge in [-0.3, -0.25) is 4.84 Å². The molecule has 0 aromatic heterocycles. The molecule has 1 rings (SSSR count). The van der Waals surface area contributed by atoms with E-state index in [1.54, 1.807) is 12.2 Å². The van der Waals surface area contributed by atoms with Crippen LogP contribution in [0.25, 0.3) is 0 Å². The Morgan fingerprint density at radius 1 is 1.83 bits per heavy atom. The fourth-order valence-corrected chi connectivity index (χ4v) is 1.43. The molecule has 1 aliphatic heterocycles. The van der Waals surface area contributed by atoms with E-state index in [1.807, 2.05) is 0 Å². The zero-order chi connectivity index (χ0) is 9.14. The molecular formula is C7H8BrNO3. The number of carboxylic acid groups (broad SMARTS) is 1. The van der Waals surface area contributed by atoms with E-state index in [4.69, 9.17) is 9.94 Å². The van der Waals surface area contributed by atoms with Gasteiger partial charge in [-0.25, -0.2) is 9.86 Å². The van der Waals surface area contributed by atoms with E-state index in [0.29, 0.717) is 4.61 Å². The van der Waals surface area contributed by atoms with Gasteiger partial charge in [-0.2, -0.15) is 0 Å². The highest BCUT2D eigenvalue weighted by atomic mass is 79.9. The summed E-state index contributed by atoms with van der Waals surface area (Å²) in [6.45, 7) is 0. The van der Waals surface area contributed by atoms with Crippen molar-refractivity contribution in [1.29, 1.82) is 0 Å². The number of hydroxylamine groups is 2. The number of halogens is 1. The Morgan fingerprint density at radius 2 is 2.50 bits per heavy atom. The standard InChI is InChI=1S/C7H8BrNO3/c1-12-9-5(7(10)11)3-2-4-6(9)8/h2-5H,1H3,(H,10,11). The highest BCUT2D eigenvalue weighted by Crippen LogP contribution is 2.20. The van der Waals surface area contributed by atoms with Crippen LogP contribution in [0.15, 0.2) is 22.8 Å². The van der Waals surface area contributed by atoms with Crippen molar-refractivity contribution >= 4 is 21.9 Å². The van der Waals surface area contributed by atoms with E-state index in [-0.39, 0.29) is 0 Å². The van der Waals surface area contributed by atoms with Crippen molar-refractivity contribution in [3.63, 3.8) is 0 Å². The number of carboxylic acids is 1. The van der Waals surface area contributed by atoms with Crippen molar-refractivity contribution in [2.75, 3.05) is 7.11 Å². The minimum atomic E-state index is -0.946. The summed E-state index contributed by atoms with van der Waals surface area (Å²) in [6.07, 6.45) is 4.91. The van der Waals surface area contributed by atoms with Crippen molar-refractivity contribution in [2.24, 2.45) is 0 Å². The Morgan fingerprint density at radius 3 is 2.92 bits per heavy atom. The maximum Gasteiger partial charge on any atom is 0.333 e. The van der Waals surface area contributed by atoms with Gasteiger partial charge in [0.2, 0.25) is 0 Å². The summed E-state index contributed by atoms with van der Waals surface area (Å²) in [5, 5.41) is 10.0. The topological polar surface area (TPSA) is 49.8 Å². The van der Waals surface area contributed by atoms with Crippen LogP contribution in [-0.2, 0) is 9.63 Å². The molecule has 0 fully saturated rings. The summed E-state index contributed by atoms with van der Waals surface area (Å²) in [5.74, 6) is -0.946. The minimum Gasteiger partial charge on any atom is -0.479 e. The van der Waals surface area contributed by atoms with Crippen molar-refractivity contribution in [3.05, 3.63) is 22.8 Å². The summed E-state index contributed by atoms with van der Waals surface area (Å²) in [6, 6.07) is -0.755. The number of aliphatic carboxylic acids is 1. The summed E-state index contributed by atoms with van der Waals surface area (Å²) in [5.41, 5.74) is 0. The number of allylic oxidation sites excluding steroid dienone is 2. The first-order valence-corrected chi connectivity index (χ1v) is 4.06. The molecule has 1 N–H and O–H groups in total. The van der Waals surface area contributed by atoms with Crippen LogP contribution < -0.4 is 0 Å². The van der Waals surface area contributed by atoms with E-state index in [9.17, 15) is 4.79 Å². The first-order valence-electron chi connectivity index (χ1n) is 3.27. The monoisotopic (exact) mass is 233 g/mol. The van der Waals surface area contributed by atoms with E-state index >= 15 is 0 Å². The smallest absolute Gasteiger partial charge is 0.333 e. The molecule has 0 aromatic rings. The molecule has 0 bridgehead atoms. The molecule has 1 heterocycles. The first-order chi connectivity index (χ1) is 5.66. The van der Waals surface area contributed by atoms with Gasteiger partial charge in [-0.05, 0) is 28.1 Å². The lowest BCUT2D eigenvalue weighted by Crippen LogP contribution is -2.38. The summed E-state index contributed by atoms with van der Waals surface area (Å²) in [4.78, 5) is 15.5. The van der Waals surface area contributed by atoms with Crippen molar-refractivity contribution in [1.82, 2.24) is 5.06 Å². The average Bonchev–Trinajstić information content (AvgIpc) is 2.03. The van der Waals surface area contributed by atoms with Gasteiger partial charge < -0.3 is 5.11 Å². The molecule has 1 atom stereocenters. The Bertz CT molecular complexity index is 249. The van der Waals surface area contributed by atoms with Gasteiger partial charge in [-0.1, -0.05) is 6.08 Å². The number of carbonyl (C=O) groups is 1. The molecule has 0 saturated heterocycles. The quantitative estimate of drug-likeness (QED) is 0.727. The summed E-state index contributed by atoms with van der Waals surface area (Å²) < 4.78 is 0.597. The van der Waals surface area contributed by atoms with E-state index < -0.39 is 12.0 Å². The lowest BCUT2D eigenvalue weighted by atomic mass is 10.2. The van der Waals surface area contributed by atoms with Crippen LogP contribution >= 0.6 is 15.9 Å². The van der Waals surface area contributed by atoms with Gasteiger partial charge in [0.05, 0.1) is 7.11 Å². The zero-order valence-corrected chi connectivity index (χ0v) is 7.98. The molecule has 1 aliphatic rings. The Labute approximate surface area is 78.2 Å². The molecule has 66 valence electrons. The van der Waals surface area contributed by atoms with Crippen LogP contribution in [0.5, 0.6) is 0 Å². The third-order valence-electron chi connectivity index (χ3n) is 1.44. The van der Waals surface area contributed by atoms with Crippen LogP contribution in [-0.4, -0.2) is 29.3 Å². The number of hydrogen-bond donors (Lipinski definition) is 1. The normalized spacial score (nSPS) is 22.3. The van der Waals surface area contributed by atoms with E-state index in [2.05, 4.69) is 15.9 Å². The molecule has 0 spiro atoms. The maximum absolute atomic E-state index is 10.6. The average molecular weight is 234 g/mol. The second-order valence-corrected chi connectivity index (χ2v) is 2.98. The molecule has 0 aliphatic carbocycles. The van der Waals surface area contributed by atoms with E-state index in [1.165, 1.54) is 18.2 Å². The lowest BCUT2D eigenvalue weighted by Gasteiger charge is -2.27. The lowest BCUT2D eigenvalue weighted by molar-refractivity contribution is -0.161. The first kappa shape index (κ1) is 9.28. The fraction of sp³-hybridized carbons (Fsp3) is 0.286. The molecule has 4 nitrogen and oxygen atoms in total. The van der Waals surface area contributed by atoms with Gasteiger partial charge >= 0.3 is 5.97 Å². The molecule has 1 unspecified atom stereocenters. The van der Waals surface area contributed by atoms with Crippen LogP contribution in [0.1, 0.15) is 0 Å². The van der Waals surface area contributed by atoms with Crippen molar-refractivity contribution in [2.45, 2.75) is 6.04 Å². The molecule has 0 amide bonds. The molecule has 0 radical (unpaired) electrons. The SMILES string of the molecule is CON1C(Br)=CC=CC1C(=O)O. The highest BCUT2D eigenvalue weighted by molar-refractivity contribution is 9.11. The largest absolute Gasteiger partial charge is 0.479 e. The third-order valence-corrected chi connectivity index (χ3v) is 2.05. The van der Waals surface area contributed by atoms with Crippen LogP contribution in [0.3, 0.4) is 0 Å². The van der Waals surface area contributed by atoms with E-state index in [0.717, 1.165) is 0 Å². The van der Waals surface area contributed by atoms with Crippen LogP contribution in [0.2, 0.25) is 0 Å². The van der Waals surface area contributed by atoms with Crippen molar-refractivity contribution in [3.8, 4) is 0 Å². The number of rotatable bonds is 2. The zero-order valence-electron chi connectivity index (χ0n) is 6.40. The van der Waals surface area contributed by atoms with Crippen molar-refractivity contribution < 1.29 is 14.7 Å². The summed E-state index contributed by atoms with van der Waals surface area (Å²) in [7, 11) is 1.42. The minimum absolute atomic E-state index is 0.597. The second-order valence-electron chi connectivity index (χ2n) is 2.17. The Kier molecular flexibility index (Phi) is 2.88. The van der Waals surface area contributed by atoms with Gasteiger partial charge in [0.25, 0.3) is 0 Å². The Balaban J connectivity index is 2.84. The second kappa shape index (κ2) is 3.73.